The lowest BCUT2D eigenvalue weighted by molar-refractivity contribution is 0.101. The number of Topliss-reactive ketones (excluding diaryl/α,β-unsaturated/α-hetero) is 1. The van der Waals surface area contributed by atoms with E-state index in [1.165, 1.54) is 23.9 Å². The van der Waals surface area contributed by atoms with Crippen LogP contribution in [0.5, 0.6) is 0 Å². The molecule has 0 atom stereocenters. The van der Waals surface area contributed by atoms with Gasteiger partial charge in [-0.05, 0) is 24.3 Å². The molecule has 2 aromatic heterocycles. The minimum atomic E-state index is -0.506. The maximum absolute atomic E-state index is 13.6. The molecule has 0 N–H and O–H groups in total. The van der Waals surface area contributed by atoms with Gasteiger partial charge in [0.05, 0.1) is 11.3 Å². The predicted molar refractivity (Wildman–Crippen MR) is 85.7 cm³/mol. The van der Waals surface area contributed by atoms with Crippen LogP contribution in [0.4, 0.5) is 4.39 Å². The summed E-state index contributed by atoms with van der Waals surface area (Å²) in [5, 5.41) is 8.82. The molecule has 0 radical (unpaired) electrons. The molecule has 5 nitrogen and oxygen atoms in total. The molecule has 0 fully saturated rings. The van der Waals surface area contributed by atoms with Crippen LogP contribution >= 0.6 is 11.8 Å². The molecule has 116 valence electrons. The quantitative estimate of drug-likeness (QED) is 0.532. The topological polar surface area (TPSA) is 60.7 Å². The number of hydrogen-bond donors (Lipinski definition) is 0. The molecule has 1 aromatic carbocycles. The smallest absolute Gasteiger partial charge is 0.191 e. The minimum absolute atomic E-state index is 0.0940. The zero-order valence-corrected chi connectivity index (χ0v) is 13.1. The molecule has 0 saturated heterocycles. The van der Waals surface area contributed by atoms with Crippen molar-refractivity contribution in [3.8, 4) is 11.4 Å². The second-order valence-corrected chi connectivity index (χ2v) is 5.74. The van der Waals surface area contributed by atoms with Gasteiger partial charge in [0, 0.05) is 25.0 Å². The average Bonchev–Trinajstić information content (AvgIpc) is 2.94. The van der Waals surface area contributed by atoms with Crippen LogP contribution < -0.4 is 0 Å². The third-order valence-corrected chi connectivity index (χ3v) is 4.30. The molecular weight excluding hydrogens is 315 g/mol. The van der Waals surface area contributed by atoms with E-state index in [4.69, 9.17) is 0 Å². The van der Waals surface area contributed by atoms with Crippen LogP contribution in [0, 0.1) is 5.82 Å². The van der Waals surface area contributed by atoms with E-state index < -0.39 is 5.82 Å². The van der Waals surface area contributed by atoms with E-state index in [0.717, 1.165) is 5.56 Å². The average molecular weight is 328 g/mol. The molecule has 2 heterocycles. The van der Waals surface area contributed by atoms with Gasteiger partial charge in [0.15, 0.2) is 16.8 Å². The maximum atomic E-state index is 13.6. The summed E-state index contributed by atoms with van der Waals surface area (Å²) in [6.45, 7) is 0. The van der Waals surface area contributed by atoms with Gasteiger partial charge >= 0.3 is 0 Å². The van der Waals surface area contributed by atoms with Crippen molar-refractivity contribution in [3.05, 3.63) is 60.2 Å². The fraction of sp³-hybridized carbons (Fsp3) is 0.125. The third-order valence-electron chi connectivity index (χ3n) is 3.28. The van der Waals surface area contributed by atoms with E-state index in [2.05, 4.69) is 15.2 Å². The molecule has 0 amide bonds. The summed E-state index contributed by atoms with van der Waals surface area (Å²) in [5.74, 6) is 0.00632. The Morgan fingerprint density at radius 3 is 2.65 bits per heavy atom. The maximum Gasteiger partial charge on any atom is 0.191 e. The van der Waals surface area contributed by atoms with Gasteiger partial charge < -0.3 is 4.57 Å². The summed E-state index contributed by atoms with van der Waals surface area (Å²) in [7, 11) is 1.83. The van der Waals surface area contributed by atoms with Gasteiger partial charge in [0.25, 0.3) is 0 Å². The van der Waals surface area contributed by atoms with Crippen LogP contribution in [0.15, 0.2) is 53.9 Å². The van der Waals surface area contributed by atoms with E-state index in [1.807, 2.05) is 19.2 Å². The Bertz CT molecular complexity index is 835. The van der Waals surface area contributed by atoms with Gasteiger partial charge in [-0.15, -0.1) is 10.2 Å². The van der Waals surface area contributed by atoms with Crippen molar-refractivity contribution in [3.63, 3.8) is 0 Å². The van der Waals surface area contributed by atoms with Crippen molar-refractivity contribution < 1.29 is 9.18 Å². The van der Waals surface area contributed by atoms with Crippen LogP contribution in [0.2, 0.25) is 0 Å². The van der Waals surface area contributed by atoms with Crippen molar-refractivity contribution >= 4 is 17.5 Å². The number of benzene rings is 1. The lowest BCUT2D eigenvalue weighted by atomic mass is 10.1. The Kier molecular flexibility index (Phi) is 4.47. The normalized spacial score (nSPS) is 10.7. The molecular formula is C16H13FN4OS. The summed E-state index contributed by atoms with van der Waals surface area (Å²) < 4.78 is 15.4. The molecule has 0 aliphatic rings. The van der Waals surface area contributed by atoms with Crippen molar-refractivity contribution in [2.75, 3.05) is 5.75 Å². The number of carbonyl (C=O) groups excluding carboxylic acids is 1. The van der Waals surface area contributed by atoms with Crippen LogP contribution in [0.1, 0.15) is 10.4 Å². The van der Waals surface area contributed by atoms with Gasteiger partial charge in [0.1, 0.15) is 5.82 Å². The molecule has 0 unspecified atom stereocenters. The second-order valence-electron chi connectivity index (χ2n) is 4.79. The van der Waals surface area contributed by atoms with E-state index in [-0.39, 0.29) is 17.1 Å². The van der Waals surface area contributed by atoms with Gasteiger partial charge in [-0.3, -0.25) is 9.78 Å². The minimum Gasteiger partial charge on any atom is -0.305 e. The monoisotopic (exact) mass is 328 g/mol. The Balaban J connectivity index is 1.74. The summed E-state index contributed by atoms with van der Waals surface area (Å²) in [6, 6.07) is 9.64. The SMILES string of the molecule is Cn1c(SCC(=O)c2ccccc2F)nnc1-c1ccncc1. The molecule has 0 aliphatic heterocycles. The second kappa shape index (κ2) is 6.70. The third kappa shape index (κ3) is 3.29. The van der Waals surface area contributed by atoms with E-state index >= 15 is 0 Å². The molecule has 3 aromatic rings. The van der Waals surface area contributed by atoms with Crippen molar-refractivity contribution in [1.29, 1.82) is 0 Å². The van der Waals surface area contributed by atoms with Gasteiger partial charge in [-0.2, -0.15) is 0 Å². The molecule has 0 spiro atoms. The number of hydrogen-bond acceptors (Lipinski definition) is 5. The van der Waals surface area contributed by atoms with E-state index in [0.29, 0.717) is 11.0 Å². The Hall–Kier alpha value is -2.54. The largest absolute Gasteiger partial charge is 0.305 e. The Morgan fingerprint density at radius 1 is 1.17 bits per heavy atom. The van der Waals surface area contributed by atoms with Crippen LogP contribution in [-0.4, -0.2) is 31.3 Å². The number of rotatable bonds is 5. The molecule has 0 aliphatic carbocycles. The Labute approximate surface area is 136 Å². The first-order valence-electron chi connectivity index (χ1n) is 6.87. The summed E-state index contributed by atoms with van der Waals surface area (Å²) >= 11 is 1.23. The van der Waals surface area contributed by atoms with E-state index in [1.54, 1.807) is 29.1 Å². The number of ketones is 1. The standard InChI is InChI=1S/C16H13FN4OS/c1-21-15(11-6-8-18-9-7-11)19-20-16(21)23-10-14(22)12-4-2-3-5-13(12)17/h2-9H,10H2,1H3. The van der Waals surface area contributed by atoms with Crippen LogP contribution in [0.3, 0.4) is 0 Å². The first kappa shape index (κ1) is 15.4. The summed E-state index contributed by atoms with van der Waals surface area (Å²) in [5.41, 5.74) is 0.985. The highest BCUT2D eigenvalue weighted by Gasteiger charge is 2.15. The summed E-state index contributed by atoms with van der Waals surface area (Å²) in [4.78, 5) is 16.1. The number of nitrogens with zero attached hydrogens (tertiary/aromatic N) is 4. The van der Waals surface area contributed by atoms with Crippen molar-refractivity contribution in [2.24, 2.45) is 7.05 Å². The fourth-order valence-corrected chi connectivity index (χ4v) is 2.88. The first-order valence-corrected chi connectivity index (χ1v) is 7.85. The lowest BCUT2D eigenvalue weighted by Crippen LogP contribution is -2.06. The molecule has 0 saturated carbocycles. The Morgan fingerprint density at radius 2 is 1.91 bits per heavy atom. The first-order chi connectivity index (χ1) is 11.2. The lowest BCUT2D eigenvalue weighted by Gasteiger charge is -2.04. The van der Waals surface area contributed by atoms with Gasteiger partial charge in [0.2, 0.25) is 0 Å². The van der Waals surface area contributed by atoms with Crippen LogP contribution in [-0.2, 0) is 7.05 Å². The number of aromatic nitrogens is 4. The molecule has 23 heavy (non-hydrogen) atoms. The van der Waals surface area contributed by atoms with Crippen molar-refractivity contribution in [1.82, 2.24) is 19.7 Å². The predicted octanol–water partition coefficient (Wildman–Crippen LogP) is 2.99. The highest BCUT2D eigenvalue weighted by atomic mass is 32.2. The number of pyridine rings is 1. The number of thioether (sulfide) groups is 1. The molecule has 0 bridgehead atoms. The van der Waals surface area contributed by atoms with Gasteiger partial charge in [-0.25, -0.2) is 4.39 Å². The van der Waals surface area contributed by atoms with Gasteiger partial charge in [-0.1, -0.05) is 23.9 Å². The fourth-order valence-electron chi connectivity index (χ4n) is 2.09. The van der Waals surface area contributed by atoms with Crippen molar-refractivity contribution in [2.45, 2.75) is 5.16 Å². The number of carbonyl (C=O) groups is 1. The zero-order valence-electron chi connectivity index (χ0n) is 12.3. The van der Waals surface area contributed by atoms with Crippen LogP contribution in [0.25, 0.3) is 11.4 Å². The molecule has 3 rings (SSSR count). The highest BCUT2D eigenvalue weighted by Crippen LogP contribution is 2.23. The highest BCUT2D eigenvalue weighted by molar-refractivity contribution is 7.99. The molecule has 7 heteroatoms. The summed E-state index contributed by atoms with van der Waals surface area (Å²) in [6.07, 6.45) is 3.36. The van der Waals surface area contributed by atoms with E-state index in [9.17, 15) is 9.18 Å². The number of halogens is 1. The zero-order chi connectivity index (χ0) is 16.2.